The third-order valence-electron chi connectivity index (χ3n) is 8.18. The first-order chi connectivity index (χ1) is 19.7. The number of hydrogen-bond donors (Lipinski definition) is 1. The van der Waals surface area contributed by atoms with E-state index in [1.807, 2.05) is 6.07 Å². The van der Waals surface area contributed by atoms with Gasteiger partial charge in [-0.05, 0) is 74.3 Å². The number of carbonyl (C=O) groups is 2. The lowest BCUT2D eigenvalue weighted by atomic mass is 9.82. The number of carbonyl (C=O) groups excluding carboxylic acids is 2. The van der Waals surface area contributed by atoms with E-state index >= 15 is 0 Å². The van der Waals surface area contributed by atoms with Crippen LogP contribution in [0.5, 0.6) is 5.88 Å². The van der Waals surface area contributed by atoms with E-state index in [0.717, 1.165) is 55.2 Å². The number of ether oxygens (including phenoxy) is 1. The standard InChI is InChI=1S/C29H35Cl2F3N4O4/c1-36(2)26(39)23-4-5-24(35-25(23)42-3)37-10-6-18(7-11-37)14-19-8-12-38(13-9-19)27(40)28(41,29(32,33)34)20-15-21(30)17-22(31)16-20/h4-5,15-19,41H,6-14H2,1-3H3. The lowest BCUT2D eigenvalue weighted by molar-refractivity contribution is -0.262. The number of anilines is 1. The zero-order chi connectivity index (χ0) is 30.8. The second kappa shape index (κ2) is 12.9. The predicted molar refractivity (Wildman–Crippen MR) is 154 cm³/mol. The maximum absolute atomic E-state index is 14.1. The van der Waals surface area contributed by atoms with E-state index in [-0.39, 0.29) is 40.8 Å². The van der Waals surface area contributed by atoms with E-state index < -0.39 is 23.2 Å². The molecule has 2 amide bonds. The number of benzene rings is 1. The lowest BCUT2D eigenvalue weighted by Crippen LogP contribution is -2.57. The number of hydrogen-bond acceptors (Lipinski definition) is 6. The molecule has 2 fully saturated rings. The first-order valence-electron chi connectivity index (χ1n) is 13.8. The van der Waals surface area contributed by atoms with Crippen LogP contribution in [-0.2, 0) is 10.4 Å². The molecule has 13 heteroatoms. The Kier molecular flexibility index (Phi) is 9.84. The van der Waals surface area contributed by atoms with Gasteiger partial charge in [-0.25, -0.2) is 0 Å². The molecule has 1 N–H and O–H groups in total. The molecule has 0 radical (unpaired) electrons. The van der Waals surface area contributed by atoms with Gasteiger partial charge in [0.15, 0.2) is 0 Å². The topological polar surface area (TPSA) is 86.2 Å². The van der Waals surface area contributed by atoms with Crippen LogP contribution in [0.4, 0.5) is 19.0 Å². The number of likely N-dealkylation sites (tertiary alicyclic amines) is 1. The number of alkyl halides is 3. The summed E-state index contributed by atoms with van der Waals surface area (Å²) in [5.41, 5.74) is -4.04. The fraction of sp³-hybridized carbons (Fsp3) is 0.552. The zero-order valence-corrected chi connectivity index (χ0v) is 25.3. The molecule has 1 unspecified atom stereocenters. The van der Waals surface area contributed by atoms with Gasteiger partial charge in [-0.3, -0.25) is 9.59 Å². The second-order valence-electron chi connectivity index (χ2n) is 11.2. The Morgan fingerprint density at radius 1 is 1.00 bits per heavy atom. The molecule has 4 rings (SSSR count). The summed E-state index contributed by atoms with van der Waals surface area (Å²) < 4.78 is 47.7. The van der Waals surface area contributed by atoms with Gasteiger partial charge < -0.3 is 24.5 Å². The van der Waals surface area contributed by atoms with E-state index in [1.54, 1.807) is 20.2 Å². The molecule has 2 saturated heterocycles. The summed E-state index contributed by atoms with van der Waals surface area (Å²) in [5, 5.41) is 10.5. The summed E-state index contributed by atoms with van der Waals surface area (Å²) in [4.78, 5) is 34.8. The van der Waals surface area contributed by atoms with Crippen molar-refractivity contribution in [3.8, 4) is 5.88 Å². The van der Waals surface area contributed by atoms with Crippen LogP contribution in [-0.4, -0.2) is 85.3 Å². The predicted octanol–water partition coefficient (Wildman–Crippen LogP) is 5.39. The third-order valence-corrected chi connectivity index (χ3v) is 8.62. The second-order valence-corrected chi connectivity index (χ2v) is 12.1. The Bertz CT molecular complexity index is 1280. The Labute approximate surface area is 253 Å². The van der Waals surface area contributed by atoms with Crippen LogP contribution in [0.3, 0.4) is 0 Å². The molecule has 42 heavy (non-hydrogen) atoms. The highest BCUT2D eigenvalue weighted by atomic mass is 35.5. The smallest absolute Gasteiger partial charge is 0.430 e. The van der Waals surface area contributed by atoms with Crippen molar-refractivity contribution >= 4 is 40.8 Å². The molecule has 1 aromatic heterocycles. The molecule has 2 aliphatic heterocycles. The Hall–Kier alpha value is -2.76. The summed E-state index contributed by atoms with van der Waals surface area (Å²) in [7, 11) is 4.82. The minimum absolute atomic E-state index is 0.107. The van der Waals surface area contributed by atoms with Gasteiger partial charge >= 0.3 is 6.18 Å². The lowest BCUT2D eigenvalue weighted by Gasteiger charge is -2.40. The number of aliphatic hydroxyl groups is 1. The van der Waals surface area contributed by atoms with Crippen LogP contribution in [0.2, 0.25) is 10.0 Å². The minimum Gasteiger partial charge on any atom is -0.480 e. The summed E-state index contributed by atoms with van der Waals surface area (Å²) in [5.74, 6) is 0.122. The Balaban J connectivity index is 1.33. The van der Waals surface area contributed by atoms with Crippen molar-refractivity contribution in [3.05, 3.63) is 51.5 Å². The molecule has 1 aromatic carbocycles. The molecular weight excluding hydrogens is 596 g/mol. The number of rotatable bonds is 7. The molecule has 0 saturated carbocycles. The number of methoxy groups -OCH3 is 1. The van der Waals surface area contributed by atoms with Gasteiger partial charge in [-0.15, -0.1) is 0 Å². The summed E-state index contributed by atoms with van der Waals surface area (Å²) in [6.07, 6.45) is -1.40. The molecule has 230 valence electrons. The number of aromatic nitrogens is 1. The average molecular weight is 632 g/mol. The van der Waals surface area contributed by atoms with Crippen molar-refractivity contribution in [2.24, 2.45) is 11.8 Å². The van der Waals surface area contributed by atoms with E-state index in [9.17, 15) is 27.9 Å². The van der Waals surface area contributed by atoms with Gasteiger partial charge in [0.05, 0.1) is 7.11 Å². The van der Waals surface area contributed by atoms with Crippen molar-refractivity contribution in [1.82, 2.24) is 14.8 Å². The highest BCUT2D eigenvalue weighted by Gasteiger charge is 2.62. The van der Waals surface area contributed by atoms with Gasteiger partial charge in [-0.2, -0.15) is 18.2 Å². The number of pyridine rings is 1. The fourth-order valence-corrected chi connectivity index (χ4v) is 6.33. The third kappa shape index (κ3) is 6.73. The van der Waals surface area contributed by atoms with Crippen molar-refractivity contribution in [2.75, 3.05) is 52.3 Å². The number of piperidine rings is 2. The number of halogens is 5. The molecule has 0 aliphatic carbocycles. The van der Waals surface area contributed by atoms with E-state index in [4.69, 9.17) is 27.9 Å². The highest BCUT2D eigenvalue weighted by molar-refractivity contribution is 6.34. The molecule has 2 aromatic rings. The number of amides is 2. The highest BCUT2D eigenvalue weighted by Crippen LogP contribution is 2.43. The fourth-order valence-electron chi connectivity index (χ4n) is 5.81. The quantitative estimate of drug-likeness (QED) is 0.441. The Morgan fingerprint density at radius 2 is 1.55 bits per heavy atom. The minimum atomic E-state index is -5.26. The van der Waals surface area contributed by atoms with Crippen molar-refractivity contribution in [3.63, 3.8) is 0 Å². The summed E-state index contributed by atoms with van der Waals surface area (Å²) in [6.45, 7) is 1.80. The largest absolute Gasteiger partial charge is 0.480 e. The molecule has 2 aliphatic rings. The van der Waals surface area contributed by atoms with Gasteiger partial charge in [0, 0.05) is 55.9 Å². The van der Waals surface area contributed by atoms with Gasteiger partial charge in [0.1, 0.15) is 11.4 Å². The summed E-state index contributed by atoms with van der Waals surface area (Å²) >= 11 is 11.8. The van der Waals surface area contributed by atoms with Crippen LogP contribution in [0.15, 0.2) is 30.3 Å². The van der Waals surface area contributed by atoms with Crippen LogP contribution in [0, 0.1) is 11.8 Å². The first-order valence-corrected chi connectivity index (χ1v) is 14.6. The van der Waals surface area contributed by atoms with Gasteiger partial charge in [0.25, 0.3) is 17.4 Å². The van der Waals surface area contributed by atoms with Gasteiger partial charge in [0.2, 0.25) is 5.88 Å². The van der Waals surface area contributed by atoms with Gasteiger partial charge in [-0.1, -0.05) is 23.2 Å². The van der Waals surface area contributed by atoms with Crippen molar-refractivity contribution in [1.29, 1.82) is 0 Å². The first kappa shape index (κ1) is 32.2. The maximum atomic E-state index is 14.1. The van der Waals surface area contributed by atoms with E-state index in [1.165, 1.54) is 18.1 Å². The van der Waals surface area contributed by atoms with Crippen LogP contribution in [0.1, 0.15) is 48.0 Å². The van der Waals surface area contributed by atoms with E-state index in [0.29, 0.717) is 24.3 Å². The molecular formula is C29H35Cl2F3N4O4. The molecule has 8 nitrogen and oxygen atoms in total. The van der Waals surface area contributed by atoms with Crippen LogP contribution < -0.4 is 9.64 Å². The van der Waals surface area contributed by atoms with Crippen LogP contribution in [0.25, 0.3) is 0 Å². The monoisotopic (exact) mass is 630 g/mol. The molecule has 0 spiro atoms. The Morgan fingerprint density at radius 3 is 2.05 bits per heavy atom. The SMILES string of the molecule is COc1nc(N2CCC(CC3CCN(C(=O)C(O)(c4cc(Cl)cc(Cl)c4)C(F)(F)F)CC3)CC2)ccc1C(=O)N(C)C. The maximum Gasteiger partial charge on any atom is 0.430 e. The average Bonchev–Trinajstić information content (AvgIpc) is 2.95. The normalized spacial score (nSPS) is 18.5. The molecule has 1 atom stereocenters. The van der Waals surface area contributed by atoms with E-state index in [2.05, 4.69) is 9.88 Å². The molecule has 3 heterocycles. The van der Waals surface area contributed by atoms with Crippen LogP contribution >= 0.6 is 23.2 Å². The zero-order valence-electron chi connectivity index (χ0n) is 23.8. The van der Waals surface area contributed by atoms with Crippen molar-refractivity contribution in [2.45, 2.75) is 43.9 Å². The van der Waals surface area contributed by atoms with Crippen molar-refractivity contribution < 1.29 is 32.6 Å². The summed E-state index contributed by atoms with van der Waals surface area (Å²) in [6, 6.07) is 6.63. The number of nitrogens with zero attached hydrogens (tertiary/aromatic N) is 4. The molecule has 0 bridgehead atoms.